The lowest BCUT2D eigenvalue weighted by atomic mass is 9.87. The Morgan fingerprint density at radius 1 is 1.03 bits per heavy atom. The van der Waals surface area contributed by atoms with Gasteiger partial charge in [-0.1, -0.05) is 63.0 Å². The van der Waals surface area contributed by atoms with Crippen molar-refractivity contribution in [3.05, 3.63) is 58.5 Å². The van der Waals surface area contributed by atoms with Crippen molar-refractivity contribution >= 4 is 40.3 Å². The minimum atomic E-state index is -0.0607. The van der Waals surface area contributed by atoms with Gasteiger partial charge in [0.05, 0.1) is 12.0 Å². The fraction of sp³-hybridized carbons (Fsp3) is 0.360. The molecule has 0 atom stereocenters. The van der Waals surface area contributed by atoms with E-state index in [9.17, 15) is 4.79 Å². The summed E-state index contributed by atoms with van der Waals surface area (Å²) in [7, 11) is 1.59. The van der Waals surface area contributed by atoms with Crippen LogP contribution in [0, 0.1) is 0 Å². The smallest absolute Gasteiger partial charge is 0.266 e. The molecule has 1 heterocycles. The van der Waals surface area contributed by atoms with Crippen LogP contribution in [-0.4, -0.2) is 42.0 Å². The second kappa shape index (κ2) is 10.4. The summed E-state index contributed by atoms with van der Waals surface area (Å²) in [5, 5.41) is 0. The maximum absolute atomic E-state index is 12.4. The quantitative estimate of drug-likeness (QED) is 0.281. The summed E-state index contributed by atoms with van der Waals surface area (Å²) in [5.74, 6) is 1.97. The van der Waals surface area contributed by atoms with Crippen LogP contribution in [0.1, 0.15) is 38.8 Å². The van der Waals surface area contributed by atoms with E-state index in [0.29, 0.717) is 40.5 Å². The van der Waals surface area contributed by atoms with Crippen molar-refractivity contribution < 1.29 is 19.0 Å². The molecule has 1 saturated heterocycles. The minimum absolute atomic E-state index is 0.0607. The molecular weight excluding hydrogens is 442 g/mol. The number of likely N-dealkylation sites (N-methyl/N-ethyl adjacent to an activating group) is 1. The van der Waals surface area contributed by atoms with Crippen molar-refractivity contribution in [2.24, 2.45) is 0 Å². The molecule has 0 saturated carbocycles. The Morgan fingerprint density at radius 3 is 2.31 bits per heavy atom. The van der Waals surface area contributed by atoms with Crippen molar-refractivity contribution in [1.29, 1.82) is 0 Å². The van der Waals surface area contributed by atoms with Crippen LogP contribution in [0.4, 0.5) is 0 Å². The van der Waals surface area contributed by atoms with Crippen molar-refractivity contribution in [1.82, 2.24) is 4.90 Å². The van der Waals surface area contributed by atoms with Crippen LogP contribution in [0.2, 0.25) is 0 Å². The Bertz CT molecular complexity index is 1010. The number of hydrogen-bond acceptors (Lipinski definition) is 6. The molecule has 1 aliphatic rings. The Kier molecular flexibility index (Phi) is 7.85. The molecule has 3 rings (SSSR count). The monoisotopic (exact) mass is 471 g/mol. The minimum Gasteiger partial charge on any atom is -0.493 e. The van der Waals surface area contributed by atoms with Gasteiger partial charge in [0, 0.05) is 6.54 Å². The normalized spacial score (nSPS) is 15.4. The molecule has 0 aliphatic carbocycles. The van der Waals surface area contributed by atoms with Gasteiger partial charge in [-0.15, -0.1) is 0 Å². The van der Waals surface area contributed by atoms with Gasteiger partial charge >= 0.3 is 0 Å². The average molecular weight is 472 g/mol. The summed E-state index contributed by atoms with van der Waals surface area (Å²) in [6.07, 6.45) is 1.83. The zero-order valence-electron chi connectivity index (χ0n) is 19.1. The van der Waals surface area contributed by atoms with Gasteiger partial charge < -0.3 is 14.2 Å². The molecule has 32 heavy (non-hydrogen) atoms. The van der Waals surface area contributed by atoms with E-state index in [1.807, 2.05) is 43.3 Å². The standard InChI is InChI=1S/C25H29NO4S2/c1-6-26-23(27)22(32-24(26)31)16-17-7-12-20(21(15-17)28-5)30-14-13-29-19-10-8-18(9-11-19)25(2,3)4/h7-12,15-16H,6,13-14H2,1-5H3/b22-16-. The average Bonchev–Trinajstić information content (AvgIpc) is 3.03. The first-order valence-corrected chi connectivity index (χ1v) is 11.7. The van der Waals surface area contributed by atoms with Crippen LogP contribution >= 0.6 is 24.0 Å². The summed E-state index contributed by atoms with van der Waals surface area (Å²) < 4.78 is 17.7. The lowest BCUT2D eigenvalue weighted by molar-refractivity contribution is -0.121. The molecule has 0 bridgehead atoms. The van der Waals surface area contributed by atoms with E-state index in [1.165, 1.54) is 17.3 Å². The Balaban J connectivity index is 1.58. The van der Waals surface area contributed by atoms with E-state index in [-0.39, 0.29) is 11.3 Å². The molecule has 0 aromatic heterocycles. The number of amides is 1. The molecule has 2 aromatic carbocycles. The molecule has 2 aromatic rings. The maximum atomic E-state index is 12.4. The summed E-state index contributed by atoms with van der Waals surface area (Å²) in [6, 6.07) is 13.7. The number of benzene rings is 2. The molecule has 0 N–H and O–H groups in total. The Labute approximate surface area is 199 Å². The zero-order chi connectivity index (χ0) is 23.3. The van der Waals surface area contributed by atoms with Gasteiger partial charge in [-0.3, -0.25) is 9.69 Å². The zero-order valence-corrected chi connectivity index (χ0v) is 20.8. The van der Waals surface area contributed by atoms with Crippen molar-refractivity contribution in [3.63, 3.8) is 0 Å². The number of ether oxygens (including phenoxy) is 3. The molecule has 1 amide bonds. The molecule has 1 aliphatic heterocycles. The van der Waals surface area contributed by atoms with Gasteiger partial charge in [-0.2, -0.15) is 0 Å². The van der Waals surface area contributed by atoms with E-state index in [0.717, 1.165) is 11.3 Å². The summed E-state index contributed by atoms with van der Waals surface area (Å²) >= 11 is 6.58. The number of carbonyl (C=O) groups is 1. The molecule has 170 valence electrons. The number of rotatable bonds is 8. The molecule has 0 radical (unpaired) electrons. The molecule has 5 nitrogen and oxygen atoms in total. The molecular formula is C25H29NO4S2. The van der Waals surface area contributed by atoms with E-state index < -0.39 is 0 Å². The van der Waals surface area contributed by atoms with Crippen LogP contribution in [0.25, 0.3) is 6.08 Å². The summed E-state index contributed by atoms with van der Waals surface area (Å²) in [4.78, 5) is 14.6. The number of hydrogen-bond donors (Lipinski definition) is 0. The largest absolute Gasteiger partial charge is 0.493 e. The van der Waals surface area contributed by atoms with E-state index in [2.05, 4.69) is 32.9 Å². The number of carbonyl (C=O) groups excluding carboxylic acids is 1. The van der Waals surface area contributed by atoms with Crippen molar-refractivity contribution in [2.45, 2.75) is 33.1 Å². The van der Waals surface area contributed by atoms with Crippen LogP contribution in [0.3, 0.4) is 0 Å². The lowest BCUT2D eigenvalue weighted by Gasteiger charge is -2.19. The molecule has 1 fully saturated rings. The highest BCUT2D eigenvalue weighted by Crippen LogP contribution is 2.34. The Hall–Kier alpha value is -2.51. The van der Waals surface area contributed by atoms with Crippen LogP contribution in [-0.2, 0) is 10.2 Å². The van der Waals surface area contributed by atoms with Gasteiger partial charge in [-0.05, 0) is 53.8 Å². The number of methoxy groups -OCH3 is 1. The van der Waals surface area contributed by atoms with E-state index in [1.54, 1.807) is 12.0 Å². The highest BCUT2D eigenvalue weighted by molar-refractivity contribution is 8.26. The number of thiocarbonyl (C=S) groups is 1. The van der Waals surface area contributed by atoms with Crippen molar-refractivity contribution in [3.8, 4) is 17.2 Å². The van der Waals surface area contributed by atoms with Crippen LogP contribution in [0.15, 0.2) is 47.4 Å². The third kappa shape index (κ3) is 5.84. The highest BCUT2D eigenvalue weighted by Gasteiger charge is 2.30. The first-order chi connectivity index (χ1) is 15.2. The van der Waals surface area contributed by atoms with Gasteiger partial charge in [0.25, 0.3) is 5.91 Å². The van der Waals surface area contributed by atoms with Crippen molar-refractivity contribution in [2.75, 3.05) is 26.9 Å². The van der Waals surface area contributed by atoms with E-state index in [4.69, 9.17) is 26.4 Å². The molecule has 7 heteroatoms. The molecule has 0 spiro atoms. The third-order valence-electron chi connectivity index (χ3n) is 5.01. The fourth-order valence-corrected chi connectivity index (χ4v) is 4.56. The summed E-state index contributed by atoms with van der Waals surface area (Å²) in [6.45, 7) is 9.83. The SMILES string of the molecule is CCN1C(=O)/C(=C/c2ccc(OCCOc3ccc(C(C)(C)C)cc3)c(OC)c2)SC1=S. The molecule has 0 unspecified atom stereocenters. The highest BCUT2D eigenvalue weighted by atomic mass is 32.2. The second-order valence-electron chi connectivity index (χ2n) is 8.31. The maximum Gasteiger partial charge on any atom is 0.266 e. The van der Waals surface area contributed by atoms with E-state index >= 15 is 0 Å². The van der Waals surface area contributed by atoms with Gasteiger partial charge in [-0.25, -0.2) is 0 Å². The predicted molar refractivity (Wildman–Crippen MR) is 135 cm³/mol. The third-order valence-corrected chi connectivity index (χ3v) is 6.38. The predicted octanol–water partition coefficient (Wildman–Crippen LogP) is 5.67. The second-order valence-corrected chi connectivity index (χ2v) is 9.98. The van der Waals surface area contributed by atoms with Crippen LogP contribution < -0.4 is 14.2 Å². The number of nitrogens with zero attached hydrogens (tertiary/aromatic N) is 1. The van der Waals surface area contributed by atoms with Gasteiger partial charge in [0.1, 0.15) is 23.3 Å². The van der Waals surface area contributed by atoms with Crippen LogP contribution in [0.5, 0.6) is 17.2 Å². The topological polar surface area (TPSA) is 48.0 Å². The first-order valence-electron chi connectivity index (χ1n) is 10.5. The fourth-order valence-electron chi connectivity index (χ4n) is 3.18. The number of thioether (sulfide) groups is 1. The van der Waals surface area contributed by atoms with Gasteiger partial charge in [0.2, 0.25) is 0 Å². The van der Waals surface area contributed by atoms with Gasteiger partial charge in [0.15, 0.2) is 11.5 Å². The lowest BCUT2D eigenvalue weighted by Crippen LogP contribution is -2.27. The summed E-state index contributed by atoms with van der Waals surface area (Å²) in [5.41, 5.74) is 2.23. The Morgan fingerprint density at radius 2 is 1.72 bits per heavy atom. The first kappa shape index (κ1) is 24.1.